The van der Waals surface area contributed by atoms with E-state index in [0.717, 1.165) is 0 Å². The van der Waals surface area contributed by atoms with Crippen LogP contribution in [0.15, 0.2) is 6.07 Å². The topological polar surface area (TPSA) is 88.9 Å². The summed E-state index contributed by atoms with van der Waals surface area (Å²) in [5.41, 5.74) is 0.814. The van der Waals surface area contributed by atoms with Crippen LogP contribution in [0, 0.1) is 6.92 Å². The van der Waals surface area contributed by atoms with E-state index in [2.05, 4.69) is 9.72 Å². The Balaban J connectivity index is 3.33. The van der Waals surface area contributed by atoms with Gasteiger partial charge >= 0.3 is 5.97 Å². The number of hydrogen-bond donors (Lipinski definition) is 2. The zero-order valence-electron chi connectivity index (χ0n) is 9.93. The standard InChI is InChI=1S/C11H15NO5/c1-6-4-7(8(14)5-13)12-9(10(6)16-2)11(15)17-3/h4,8,13-14H,5H2,1-3H3. The van der Waals surface area contributed by atoms with Crippen molar-refractivity contribution in [1.29, 1.82) is 0 Å². The van der Waals surface area contributed by atoms with Gasteiger partial charge in [-0.1, -0.05) is 0 Å². The van der Waals surface area contributed by atoms with Gasteiger partial charge in [-0.05, 0) is 18.6 Å². The van der Waals surface area contributed by atoms with Gasteiger partial charge < -0.3 is 19.7 Å². The smallest absolute Gasteiger partial charge is 0.360 e. The number of aliphatic hydroxyl groups excluding tert-OH is 2. The monoisotopic (exact) mass is 241 g/mol. The second-order valence-corrected chi connectivity index (χ2v) is 3.44. The molecule has 0 aliphatic heterocycles. The molecule has 0 saturated heterocycles. The molecule has 0 amide bonds. The van der Waals surface area contributed by atoms with Gasteiger partial charge in [0.05, 0.1) is 26.5 Å². The highest BCUT2D eigenvalue weighted by Crippen LogP contribution is 2.25. The first-order chi connectivity index (χ1) is 8.04. The highest BCUT2D eigenvalue weighted by atomic mass is 16.5. The average molecular weight is 241 g/mol. The molecule has 0 aliphatic carbocycles. The predicted octanol–water partition coefficient (Wildman–Crippen LogP) is 0.211. The Hall–Kier alpha value is -1.66. The lowest BCUT2D eigenvalue weighted by Crippen LogP contribution is -2.13. The van der Waals surface area contributed by atoms with Gasteiger partial charge in [-0.15, -0.1) is 0 Å². The molecule has 0 bridgehead atoms. The molecule has 0 spiro atoms. The number of aromatic nitrogens is 1. The lowest BCUT2D eigenvalue weighted by atomic mass is 10.1. The minimum Gasteiger partial charge on any atom is -0.494 e. The fraction of sp³-hybridized carbons (Fsp3) is 0.455. The highest BCUT2D eigenvalue weighted by molar-refractivity contribution is 5.90. The maximum Gasteiger partial charge on any atom is 0.360 e. The molecule has 1 heterocycles. The van der Waals surface area contributed by atoms with Crippen molar-refractivity contribution in [1.82, 2.24) is 4.98 Å². The van der Waals surface area contributed by atoms with Crippen LogP contribution < -0.4 is 4.74 Å². The molecule has 1 atom stereocenters. The van der Waals surface area contributed by atoms with Crippen molar-refractivity contribution in [3.63, 3.8) is 0 Å². The first-order valence-corrected chi connectivity index (χ1v) is 4.97. The molecule has 6 nitrogen and oxygen atoms in total. The van der Waals surface area contributed by atoms with Crippen LogP contribution in [0.2, 0.25) is 0 Å². The minimum absolute atomic E-state index is 0.0162. The molecule has 94 valence electrons. The first-order valence-electron chi connectivity index (χ1n) is 4.97. The van der Waals surface area contributed by atoms with Gasteiger partial charge in [0, 0.05) is 0 Å². The third-order valence-corrected chi connectivity index (χ3v) is 2.28. The Morgan fingerprint density at radius 2 is 2.18 bits per heavy atom. The number of ether oxygens (including phenoxy) is 2. The normalized spacial score (nSPS) is 12.1. The van der Waals surface area contributed by atoms with E-state index in [1.807, 2.05) is 0 Å². The van der Waals surface area contributed by atoms with Crippen LogP contribution in [0.1, 0.15) is 27.8 Å². The van der Waals surface area contributed by atoms with E-state index in [1.165, 1.54) is 14.2 Å². The number of pyridine rings is 1. The fourth-order valence-electron chi connectivity index (χ4n) is 1.44. The van der Waals surface area contributed by atoms with Crippen LogP contribution in [0.25, 0.3) is 0 Å². The third kappa shape index (κ3) is 2.72. The number of carbonyl (C=O) groups excluding carboxylic acids is 1. The zero-order valence-corrected chi connectivity index (χ0v) is 9.93. The Bertz CT molecular complexity index is 419. The summed E-state index contributed by atoms with van der Waals surface area (Å²) in [5.74, 6) is -0.359. The number of aryl methyl sites for hydroxylation is 1. The van der Waals surface area contributed by atoms with E-state index < -0.39 is 18.7 Å². The highest BCUT2D eigenvalue weighted by Gasteiger charge is 2.20. The van der Waals surface area contributed by atoms with E-state index >= 15 is 0 Å². The van der Waals surface area contributed by atoms with E-state index in [1.54, 1.807) is 13.0 Å². The molecular formula is C11H15NO5. The van der Waals surface area contributed by atoms with E-state index in [4.69, 9.17) is 9.84 Å². The van der Waals surface area contributed by atoms with Crippen LogP contribution in [0.4, 0.5) is 0 Å². The number of aliphatic hydroxyl groups is 2. The Morgan fingerprint density at radius 3 is 2.65 bits per heavy atom. The van der Waals surface area contributed by atoms with Gasteiger partial charge in [0.15, 0.2) is 11.4 Å². The quantitative estimate of drug-likeness (QED) is 0.732. The molecule has 0 saturated carbocycles. The van der Waals surface area contributed by atoms with E-state index in [0.29, 0.717) is 11.3 Å². The van der Waals surface area contributed by atoms with Gasteiger partial charge in [0.1, 0.15) is 6.10 Å². The largest absolute Gasteiger partial charge is 0.494 e. The molecule has 1 rings (SSSR count). The molecule has 1 aromatic rings. The second kappa shape index (κ2) is 5.60. The number of methoxy groups -OCH3 is 2. The average Bonchev–Trinajstić information content (AvgIpc) is 2.35. The maximum atomic E-state index is 11.5. The summed E-state index contributed by atoms with van der Waals surface area (Å²) in [5, 5.41) is 18.3. The summed E-state index contributed by atoms with van der Waals surface area (Å²) in [7, 11) is 2.65. The van der Waals surface area contributed by atoms with Crippen LogP contribution in [0.5, 0.6) is 5.75 Å². The summed E-state index contributed by atoms with van der Waals surface area (Å²) in [6.45, 7) is 1.24. The number of carbonyl (C=O) groups is 1. The SMILES string of the molecule is COC(=O)c1nc(C(O)CO)cc(C)c1OC. The number of rotatable bonds is 4. The number of hydrogen-bond acceptors (Lipinski definition) is 6. The number of esters is 1. The third-order valence-electron chi connectivity index (χ3n) is 2.28. The van der Waals surface area contributed by atoms with Gasteiger partial charge in [-0.3, -0.25) is 0 Å². The first kappa shape index (κ1) is 13.4. The van der Waals surface area contributed by atoms with Crippen molar-refractivity contribution in [3.8, 4) is 5.75 Å². The Morgan fingerprint density at radius 1 is 1.53 bits per heavy atom. The van der Waals surface area contributed by atoms with Crippen molar-refractivity contribution in [2.24, 2.45) is 0 Å². The summed E-state index contributed by atoms with van der Waals surface area (Å²) < 4.78 is 9.64. The van der Waals surface area contributed by atoms with Crippen molar-refractivity contribution in [3.05, 3.63) is 23.0 Å². The van der Waals surface area contributed by atoms with Gasteiger partial charge in [0.25, 0.3) is 0 Å². The maximum absolute atomic E-state index is 11.5. The summed E-state index contributed by atoms with van der Waals surface area (Å²) in [6, 6.07) is 1.55. The van der Waals surface area contributed by atoms with Crippen molar-refractivity contribution in [2.45, 2.75) is 13.0 Å². The van der Waals surface area contributed by atoms with Crippen LogP contribution in [-0.2, 0) is 4.74 Å². The molecular weight excluding hydrogens is 226 g/mol. The Kier molecular flexibility index (Phi) is 4.42. The molecule has 1 unspecified atom stereocenters. The van der Waals surface area contributed by atoms with Crippen LogP contribution in [0.3, 0.4) is 0 Å². The summed E-state index contributed by atoms with van der Waals surface area (Å²) in [6.07, 6.45) is -1.14. The van der Waals surface area contributed by atoms with Gasteiger partial charge in [-0.25, -0.2) is 9.78 Å². The second-order valence-electron chi connectivity index (χ2n) is 3.44. The lowest BCUT2D eigenvalue weighted by Gasteiger charge is -2.13. The van der Waals surface area contributed by atoms with Crippen LogP contribution >= 0.6 is 0 Å². The minimum atomic E-state index is -1.14. The molecule has 2 N–H and O–H groups in total. The molecule has 0 aromatic carbocycles. The molecule has 0 radical (unpaired) electrons. The Labute approximate surface area is 98.8 Å². The summed E-state index contributed by atoms with van der Waals surface area (Å²) in [4.78, 5) is 15.4. The number of nitrogens with zero attached hydrogens (tertiary/aromatic N) is 1. The van der Waals surface area contributed by atoms with E-state index in [-0.39, 0.29) is 11.4 Å². The van der Waals surface area contributed by atoms with Crippen molar-refractivity contribution >= 4 is 5.97 Å². The summed E-state index contributed by atoms with van der Waals surface area (Å²) >= 11 is 0. The molecule has 6 heteroatoms. The van der Waals surface area contributed by atoms with Crippen LogP contribution in [-0.4, -0.2) is 42.0 Å². The van der Waals surface area contributed by atoms with Gasteiger partial charge in [0.2, 0.25) is 0 Å². The van der Waals surface area contributed by atoms with Crippen molar-refractivity contribution in [2.75, 3.05) is 20.8 Å². The molecule has 17 heavy (non-hydrogen) atoms. The fourth-order valence-corrected chi connectivity index (χ4v) is 1.44. The predicted molar refractivity (Wildman–Crippen MR) is 58.9 cm³/mol. The molecule has 0 aliphatic rings. The molecule has 1 aromatic heterocycles. The molecule has 0 fully saturated rings. The van der Waals surface area contributed by atoms with Crippen molar-refractivity contribution < 1.29 is 24.5 Å². The lowest BCUT2D eigenvalue weighted by molar-refractivity contribution is 0.0585. The zero-order chi connectivity index (χ0) is 13.0. The van der Waals surface area contributed by atoms with Gasteiger partial charge in [-0.2, -0.15) is 0 Å². The van der Waals surface area contributed by atoms with E-state index in [9.17, 15) is 9.90 Å².